The first-order valence-corrected chi connectivity index (χ1v) is 11.8. The SMILES string of the molecule is O=C(CCc1ccccc1)N1CCC(Cn2ccc3cc(-c4c[nH]c(=O)[nH]c4=O)ccc32)CC1. The summed E-state index contributed by atoms with van der Waals surface area (Å²) in [6, 6.07) is 18.1. The molecule has 0 saturated carbocycles. The predicted octanol–water partition coefficient (Wildman–Crippen LogP) is 3.56. The second-order valence-corrected chi connectivity index (χ2v) is 9.04. The molecular weight excluding hydrogens is 428 g/mol. The van der Waals surface area contributed by atoms with Gasteiger partial charge >= 0.3 is 5.69 Å². The van der Waals surface area contributed by atoms with Crippen LogP contribution in [0.3, 0.4) is 0 Å². The topological polar surface area (TPSA) is 91.0 Å². The Morgan fingerprint density at radius 2 is 1.79 bits per heavy atom. The number of carbonyl (C=O) groups is 1. The third kappa shape index (κ3) is 4.73. The van der Waals surface area contributed by atoms with Crippen molar-refractivity contribution in [1.82, 2.24) is 19.4 Å². The quantitative estimate of drug-likeness (QED) is 0.465. The molecule has 34 heavy (non-hydrogen) atoms. The summed E-state index contributed by atoms with van der Waals surface area (Å²) in [4.78, 5) is 42.9. The molecule has 2 N–H and O–H groups in total. The zero-order valence-corrected chi connectivity index (χ0v) is 19.0. The summed E-state index contributed by atoms with van der Waals surface area (Å²) < 4.78 is 2.26. The Bertz CT molecular complexity index is 1410. The number of hydrogen-bond donors (Lipinski definition) is 2. The summed E-state index contributed by atoms with van der Waals surface area (Å²) in [5, 5.41) is 1.05. The standard InChI is InChI=1S/C27H28N4O3/c32-25(9-6-19-4-2-1-3-5-19)30-13-10-20(11-14-30)18-31-15-12-22-16-21(7-8-24(22)31)23-17-28-27(34)29-26(23)33/h1-5,7-8,12,15-17,20H,6,9-11,13-14,18H2,(H2,28,29,33,34). The largest absolute Gasteiger partial charge is 0.347 e. The summed E-state index contributed by atoms with van der Waals surface area (Å²) in [6.45, 7) is 2.54. The van der Waals surface area contributed by atoms with Gasteiger partial charge in [-0.3, -0.25) is 14.6 Å². The molecule has 3 heterocycles. The number of rotatable bonds is 6. The van der Waals surface area contributed by atoms with Crippen LogP contribution in [0.5, 0.6) is 0 Å². The van der Waals surface area contributed by atoms with Gasteiger partial charge in [0.25, 0.3) is 5.56 Å². The Kier molecular flexibility index (Phi) is 6.16. The lowest BCUT2D eigenvalue weighted by Gasteiger charge is -2.32. The van der Waals surface area contributed by atoms with E-state index in [2.05, 4.69) is 38.9 Å². The highest BCUT2D eigenvalue weighted by Gasteiger charge is 2.23. The Hall–Kier alpha value is -3.87. The van der Waals surface area contributed by atoms with Gasteiger partial charge in [0.1, 0.15) is 0 Å². The molecular formula is C27H28N4O3. The molecule has 2 aromatic carbocycles. The maximum atomic E-state index is 12.6. The van der Waals surface area contributed by atoms with E-state index in [1.165, 1.54) is 11.8 Å². The third-order valence-corrected chi connectivity index (χ3v) is 6.79. The Morgan fingerprint density at radius 1 is 1.00 bits per heavy atom. The number of fused-ring (bicyclic) bond motifs is 1. The van der Waals surface area contributed by atoms with E-state index in [1.807, 2.05) is 41.3 Å². The van der Waals surface area contributed by atoms with E-state index in [-0.39, 0.29) is 5.91 Å². The van der Waals surface area contributed by atoms with Gasteiger partial charge in [-0.2, -0.15) is 0 Å². The minimum Gasteiger partial charge on any atom is -0.347 e. The van der Waals surface area contributed by atoms with E-state index >= 15 is 0 Å². The minimum atomic E-state index is -0.509. The molecule has 1 amide bonds. The van der Waals surface area contributed by atoms with Crippen molar-refractivity contribution in [3.63, 3.8) is 0 Å². The fourth-order valence-electron chi connectivity index (χ4n) is 4.85. The molecule has 0 radical (unpaired) electrons. The van der Waals surface area contributed by atoms with Crippen LogP contribution in [0.2, 0.25) is 0 Å². The van der Waals surface area contributed by atoms with Gasteiger partial charge in [0.2, 0.25) is 5.91 Å². The average molecular weight is 457 g/mol. The van der Waals surface area contributed by atoms with Crippen LogP contribution in [0.15, 0.2) is 76.6 Å². The van der Waals surface area contributed by atoms with Gasteiger partial charge in [-0.1, -0.05) is 36.4 Å². The molecule has 174 valence electrons. The van der Waals surface area contributed by atoms with Gasteiger partial charge in [-0.15, -0.1) is 0 Å². The summed E-state index contributed by atoms with van der Waals surface area (Å²) in [5.41, 5.74) is 2.63. The van der Waals surface area contributed by atoms with E-state index in [1.54, 1.807) is 0 Å². The van der Waals surface area contributed by atoms with Gasteiger partial charge in [0, 0.05) is 49.4 Å². The van der Waals surface area contributed by atoms with Crippen molar-refractivity contribution in [2.75, 3.05) is 13.1 Å². The first-order chi connectivity index (χ1) is 16.6. The average Bonchev–Trinajstić information content (AvgIpc) is 3.25. The van der Waals surface area contributed by atoms with E-state index in [0.717, 1.165) is 55.4 Å². The number of aromatic nitrogens is 3. The Morgan fingerprint density at radius 3 is 2.56 bits per heavy atom. The van der Waals surface area contributed by atoms with Crippen molar-refractivity contribution < 1.29 is 4.79 Å². The van der Waals surface area contributed by atoms with E-state index < -0.39 is 11.2 Å². The predicted molar refractivity (Wildman–Crippen MR) is 133 cm³/mol. The number of hydrogen-bond acceptors (Lipinski definition) is 3. The second kappa shape index (κ2) is 9.55. The monoisotopic (exact) mass is 456 g/mol. The van der Waals surface area contributed by atoms with Crippen molar-refractivity contribution >= 4 is 16.8 Å². The molecule has 1 fully saturated rings. The number of amides is 1. The molecule has 0 aliphatic carbocycles. The lowest BCUT2D eigenvalue weighted by molar-refractivity contribution is -0.132. The van der Waals surface area contributed by atoms with Crippen molar-refractivity contribution in [1.29, 1.82) is 0 Å². The van der Waals surface area contributed by atoms with Crippen LogP contribution in [0, 0.1) is 5.92 Å². The van der Waals surface area contributed by atoms with Gasteiger partial charge in [0.05, 0.1) is 5.56 Å². The lowest BCUT2D eigenvalue weighted by Crippen LogP contribution is -2.39. The zero-order chi connectivity index (χ0) is 23.5. The number of aryl methyl sites for hydroxylation is 1. The number of H-pyrrole nitrogens is 2. The van der Waals surface area contributed by atoms with Gasteiger partial charge in [-0.05, 0) is 54.5 Å². The van der Waals surface area contributed by atoms with Crippen molar-refractivity contribution in [2.45, 2.75) is 32.2 Å². The highest BCUT2D eigenvalue weighted by molar-refractivity contribution is 5.85. The van der Waals surface area contributed by atoms with E-state index in [0.29, 0.717) is 17.9 Å². The summed E-state index contributed by atoms with van der Waals surface area (Å²) in [5.74, 6) is 0.772. The molecule has 7 nitrogen and oxygen atoms in total. The lowest BCUT2D eigenvalue weighted by atomic mass is 9.96. The minimum absolute atomic E-state index is 0.249. The van der Waals surface area contributed by atoms with Gasteiger partial charge < -0.3 is 14.5 Å². The summed E-state index contributed by atoms with van der Waals surface area (Å²) in [6.07, 6.45) is 6.90. The number of carbonyl (C=O) groups excluding carboxylic acids is 1. The molecule has 7 heteroatoms. The molecule has 1 aliphatic rings. The Balaban J connectivity index is 1.19. The molecule has 2 aromatic heterocycles. The van der Waals surface area contributed by atoms with Crippen LogP contribution in [0.25, 0.3) is 22.0 Å². The van der Waals surface area contributed by atoms with Gasteiger partial charge in [0.15, 0.2) is 0 Å². The fourth-order valence-corrected chi connectivity index (χ4v) is 4.85. The smallest absolute Gasteiger partial charge is 0.325 e. The van der Waals surface area contributed by atoms with Crippen LogP contribution in [0.4, 0.5) is 0 Å². The van der Waals surface area contributed by atoms with Crippen LogP contribution in [0.1, 0.15) is 24.8 Å². The maximum Gasteiger partial charge on any atom is 0.325 e. The van der Waals surface area contributed by atoms with Gasteiger partial charge in [-0.25, -0.2) is 4.79 Å². The molecule has 0 unspecified atom stereocenters. The van der Waals surface area contributed by atoms with Crippen molar-refractivity contribution in [2.24, 2.45) is 5.92 Å². The van der Waals surface area contributed by atoms with E-state index in [9.17, 15) is 14.4 Å². The zero-order valence-electron chi connectivity index (χ0n) is 19.0. The highest BCUT2D eigenvalue weighted by atomic mass is 16.2. The summed E-state index contributed by atoms with van der Waals surface area (Å²) >= 11 is 0. The van der Waals surface area contributed by atoms with E-state index in [4.69, 9.17) is 0 Å². The van der Waals surface area contributed by atoms with Crippen molar-refractivity contribution in [3.8, 4) is 11.1 Å². The normalized spacial score (nSPS) is 14.5. The highest BCUT2D eigenvalue weighted by Crippen LogP contribution is 2.26. The maximum absolute atomic E-state index is 12.6. The number of likely N-dealkylation sites (tertiary alicyclic amines) is 1. The van der Waals surface area contributed by atoms with Crippen LogP contribution >= 0.6 is 0 Å². The first-order valence-electron chi connectivity index (χ1n) is 11.8. The molecule has 0 spiro atoms. The third-order valence-electron chi connectivity index (χ3n) is 6.79. The van der Waals surface area contributed by atoms with Crippen molar-refractivity contribution in [3.05, 3.63) is 93.4 Å². The first kappa shape index (κ1) is 21.9. The van der Waals surface area contributed by atoms with Crippen LogP contribution in [-0.4, -0.2) is 38.4 Å². The Labute approximate surface area is 197 Å². The number of aromatic amines is 2. The van der Waals surface area contributed by atoms with Crippen LogP contribution in [-0.2, 0) is 17.8 Å². The molecule has 5 rings (SSSR count). The molecule has 1 aliphatic heterocycles. The number of piperidine rings is 1. The fraction of sp³-hybridized carbons (Fsp3) is 0.296. The number of nitrogens with zero attached hydrogens (tertiary/aromatic N) is 2. The second-order valence-electron chi connectivity index (χ2n) is 9.04. The summed E-state index contributed by atoms with van der Waals surface area (Å²) in [7, 11) is 0. The molecule has 4 aromatic rings. The van der Waals surface area contributed by atoms with Crippen LogP contribution < -0.4 is 11.2 Å². The molecule has 1 saturated heterocycles. The number of benzene rings is 2. The molecule has 0 atom stereocenters. The molecule has 0 bridgehead atoms. The number of nitrogens with one attached hydrogen (secondary N) is 2.